The highest BCUT2D eigenvalue weighted by Crippen LogP contribution is 2.31. The van der Waals surface area contributed by atoms with Crippen LogP contribution in [0.15, 0.2) is 50.4 Å². The van der Waals surface area contributed by atoms with E-state index in [0.717, 1.165) is 0 Å². The molecule has 1 aromatic carbocycles. The van der Waals surface area contributed by atoms with E-state index in [0.29, 0.717) is 27.0 Å². The number of furan rings is 1. The number of hydrogen-bond acceptors (Lipinski definition) is 3. The van der Waals surface area contributed by atoms with Crippen LogP contribution in [0.3, 0.4) is 0 Å². The van der Waals surface area contributed by atoms with Crippen molar-refractivity contribution in [2.45, 2.75) is 10.7 Å². The van der Waals surface area contributed by atoms with Gasteiger partial charge in [-0.25, -0.2) is 0 Å². The second kappa shape index (κ2) is 6.21. The zero-order valence-corrected chi connectivity index (χ0v) is 11.8. The van der Waals surface area contributed by atoms with Gasteiger partial charge in [0.15, 0.2) is 10.4 Å². The summed E-state index contributed by atoms with van der Waals surface area (Å²) in [5.74, 6) is -2.94. The van der Waals surface area contributed by atoms with E-state index in [1.54, 1.807) is 24.3 Å². The topological polar surface area (TPSA) is 42.2 Å². The van der Waals surface area contributed by atoms with Crippen molar-refractivity contribution in [3.8, 4) is 0 Å². The predicted molar refractivity (Wildman–Crippen MR) is 72.7 cm³/mol. The van der Waals surface area contributed by atoms with Crippen molar-refractivity contribution in [3.63, 3.8) is 0 Å². The van der Waals surface area contributed by atoms with Crippen LogP contribution in [0, 0.1) is 0 Å². The summed E-state index contributed by atoms with van der Waals surface area (Å²) in [6, 6.07) is 9.43. The van der Waals surface area contributed by atoms with Crippen LogP contribution in [0.1, 0.15) is 10.6 Å². The zero-order valence-electron chi connectivity index (χ0n) is 9.40. The molecule has 0 saturated carbocycles. The molecule has 3 nitrogen and oxygen atoms in total. The maximum Gasteiger partial charge on any atom is 0.291 e. The quantitative estimate of drug-likeness (QED) is 0.821. The van der Waals surface area contributed by atoms with Crippen LogP contribution in [0.5, 0.6) is 0 Å². The van der Waals surface area contributed by atoms with E-state index < -0.39 is 11.7 Å². The number of alkyl halides is 2. The summed E-state index contributed by atoms with van der Waals surface area (Å²) < 4.78 is 30.3. The molecule has 2 aromatic rings. The number of benzene rings is 1. The molecular weight excluding hydrogens is 340 g/mol. The number of amides is 1. The van der Waals surface area contributed by atoms with Crippen molar-refractivity contribution in [3.05, 3.63) is 46.8 Å². The van der Waals surface area contributed by atoms with Gasteiger partial charge in [-0.3, -0.25) is 4.79 Å². The van der Waals surface area contributed by atoms with Crippen molar-refractivity contribution in [2.75, 3.05) is 5.32 Å². The Hall–Kier alpha value is -1.34. The van der Waals surface area contributed by atoms with E-state index in [1.165, 1.54) is 12.1 Å². The Kier molecular flexibility index (Phi) is 4.60. The monoisotopic (exact) mass is 347 g/mol. The van der Waals surface area contributed by atoms with E-state index in [2.05, 4.69) is 21.2 Å². The molecular formula is C12H8BrF2NO2S. The van der Waals surface area contributed by atoms with Gasteiger partial charge in [-0.2, -0.15) is 8.78 Å². The second-order valence-electron chi connectivity index (χ2n) is 3.43. The molecule has 0 atom stereocenters. The third-order valence-corrected chi connectivity index (χ3v) is 3.36. The average Bonchev–Trinajstić information content (AvgIpc) is 2.78. The summed E-state index contributed by atoms with van der Waals surface area (Å²) in [6.07, 6.45) is 0. The molecule has 1 heterocycles. The minimum Gasteiger partial charge on any atom is -0.444 e. The lowest BCUT2D eigenvalue weighted by Crippen LogP contribution is -2.11. The van der Waals surface area contributed by atoms with E-state index in [-0.39, 0.29) is 5.76 Å². The van der Waals surface area contributed by atoms with Crippen molar-refractivity contribution in [2.24, 2.45) is 0 Å². The molecule has 0 spiro atoms. The van der Waals surface area contributed by atoms with Gasteiger partial charge in [0.2, 0.25) is 0 Å². The minimum atomic E-state index is -2.55. The molecule has 0 fully saturated rings. The summed E-state index contributed by atoms with van der Waals surface area (Å²) in [5.41, 5.74) is 0.324. The van der Waals surface area contributed by atoms with E-state index in [9.17, 15) is 13.6 Å². The maximum absolute atomic E-state index is 12.4. The fourth-order valence-electron chi connectivity index (χ4n) is 1.39. The van der Waals surface area contributed by atoms with Crippen LogP contribution in [0.25, 0.3) is 0 Å². The summed E-state index contributed by atoms with van der Waals surface area (Å²) in [7, 11) is 0. The number of carbonyl (C=O) groups excluding carboxylic acids is 1. The molecule has 7 heteroatoms. The number of hydrogen-bond donors (Lipinski definition) is 1. The standard InChI is InChI=1S/C12H8BrF2NO2S/c13-10-6-5-8(18-10)11(17)16-7-3-1-2-4-9(7)19-12(14)15/h1-6,12H,(H,16,17). The highest BCUT2D eigenvalue weighted by Gasteiger charge is 2.14. The van der Waals surface area contributed by atoms with Gasteiger partial charge in [-0.15, -0.1) is 0 Å². The largest absolute Gasteiger partial charge is 0.444 e. The Morgan fingerprint density at radius 1 is 1.26 bits per heavy atom. The average molecular weight is 348 g/mol. The van der Waals surface area contributed by atoms with Gasteiger partial charge in [0.25, 0.3) is 11.7 Å². The lowest BCUT2D eigenvalue weighted by atomic mass is 10.3. The molecule has 1 aromatic heterocycles. The van der Waals surface area contributed by atoms with Gasteiger partial charge in [0.1, 0.15) is 0 Å². The van der Waals surface area contributed by atoms with E-state index >= 15 is 0 Å². The normalized spacial score (nSPS) is 10.7. The fraction of sp³-hybridized carbons (Fsp3) is 0.0833. The highest BCUT2D eigenvalue weighted by atomic mass is 79.9. The lowest BCUT2D eigenvalue weighted by Gasteiger charge is -2.09. The lowest BCUT2D eigenvalue weighted by molar-refractivity contribution is 0.0995. The first-order valence-electron chi connectivity index (χ1n) is 5.17. The first-order valence-corrected chi connectivity index (χ1v) is 6.84. The number of para-hydroxylation sites is 1. The molecule has 2 rings (SSSR count). The van der Waals surface area contributed by atoms with Crippen LogP contribution >= 0.6 is 27.7 Å². The molecule has 19 heavy (non-hydrogen) atoms. The van der Waals surface area contributed by atoms with Crippen LogP contribution in [0.4, 0.5) is 14.5 Å². The Balaban J connectivity index is 2.16. The van der Waals surface area contributed by atoms with Crippen molar-refractivity contribution >= 4 is 39.3 Å². The Morgan fingerprint density at radius 3 is 2.63 bits per heavy atom. The fourth-order valence-corrected chi connectivity index (χ4v) is 2.29. The van der Waals surface area contributed by atoms with Crippen LogP contribution < -0.4 is 5.32 Å². The Bertz CT molecular complexity index is 589. The van der Waals surface area contributed by atoms with Gasteiger partial charge in [0, 0.05) is 4.90 Å². The maximum atomic E-state index is 12.4. The third kappa shape index (κ3) is 3.81. The van der Waals surface area contributed by atoms with E-state index in [1.807, 2.05) is 0 Å². The van der Waals surface area contributed by atoms with Crippen LogP contribution in [-0.2, 0) is 0 Å². The van der Waals surface area contributed by atoms with Crippen LogP contribution in [0.2, 0.25) is 0 Å². The van der Waals surface area contributed by atoms with Gasteiger partial charge in [0.05, 0.1) is 5.69 Å². The first kappa shape index (κ1) is 14.1. The smallest absolute Gasteiger partial charge is 0.291 e. The molecule has 0 aliphatic heterocycles. The summed E-state index contributed by atoms with van der Waals surface area (Å²) in [4.78, 5) is 12.1. The molecule has 1 amide bonds. The Morgan fingerprint density at radius 2 is 2.00 bits per heavy atom. The Labute approximate surface area is 120 Å². The van der Waals surface area contributed by atoms with E-state index in [4.69, 9.17) is 4.42 Å². The second-order valence-corrected chi connectivity index (χ2v) is 5.25. The van der Waals surface area contributed by atoms with Crippen molar-refractivity contribution < 1.29 is 18.0 Å². The predicted octanol–water partition coefficient (Wildman–Crippen LogP) is 4.61. The molecule has 0 radical (unpaired) electrons. The number of rotatable bonds is 4. The molecule has 0 bridgehead atoms. The molecule has 0 aliphatic carbocycles. The van der Waals surface area contributed by atoms with Gasteiger partial charge < -0.3 is 9.73 Å². The number of anilines is 1. The van der Waals surface area contributed by atoms with Gasteiger partial charge in [-0.1, -0.05) is 23.9 Å². The first-order chi connectivity index (χ1) is 9.06. The van der Waals surface area contributed by atoms with Crippen molar-refractivity contribution in [1.82, 2.24) is 0 Å². The minimum absolute atomic E-state index is 0.101. The molecule has 0 unspecified atom stereocenters. The molecule has 100 valence electrons. The highest BCUT2D eigenvalue weighted by molar-refractivity contribution is 9.10. The van der Waals surface area contributed by atoms with Crippen LogP contribution in [-0.4, -0.2) is 11.7 Å². The number of thioether (sulfide) groups is 1. The summed E-state index contributed by atoms with van der Waals surface area (Å²) in [5, 5.41) is 2.54. The summed E-state index contributed by atoms with van der Waals surface area (Å²) in [6.45, 7) is 0. The number of nitrogens with one attached hydrogen (secondary N) is 1. The number of halogens is 3. The van der Waals surface area contributed by atoms with Gasteiger partial charge >= 0.3 is 0 Å². The molecule has 0 saturated heterocycles. The van der Waals surface area contributed by atoms with Crippen molar-refractivity contribution in [1.29, 1.82) is 0 Å². The summed E-state index contributed by atoms with van der Waals surface area (Å²) >= 11 is 3.46. The third-order valence-electron chi connectivity index (χ3n) is 2.15. The molecule has 1 N–H and O–H groups in total. The number of carbonyl (C=O) groups is 1. The molecule has 0 aliphatic rings. The SMILES string of the molecule is O=C(Nc1ccccc1SC(F)F)c1ccc(Br)o1. The van der Waals surface area contributed by atoms with Gasteiger partial charge in [-0.05, 0) is 40.2 Å². The zero-order chi connectivity index (χ0) is 13.8.